The summed E-state index contributed by atoms with van der Waals surface area (Å²) in [6, 6.07) is 2.33. The lowest BCUT2D eigenvalue weighted by Crippen LogP contribution is -2.54. The number of rotatable bonds is 6. The van der Waals surface area contributed by atoms with Gasteiger partial charge in [-0.2, -0.15) is 52.7 Å². The van der Waals surface area contributed by atoms with Gasteiger partial charge in [0.05, 0.1) is 5.56 Å². The number of esters is 1. The van der Waals surface area contributed by atoms with E-state index in [4.69, 9.17) is 0 Å². The van der Waals surface area contributed by atoms with Gasteiger partial charge in [0.25, 0.3) is 5.12 Å². The first-order valence-corrected chi connectivity index (χ1v) is 7.82. The SMILES string of the molecule is O=C(OCC(F)(F)C(F)(F)C(F)(F)F)c1ccc(SC(=O)C(F)(F)C(F)(F)F)cc1. The number of thioether (sulfide) groups is 1. The highest BCUT2D eigenvalue weighted by atomic mass is 32.2. The molecule has 0 bridgehead atoms. The minimum absolute atomic E-state index is 0.559. The fraction of sp³-hybridized carbons (Fsp3) is 0.429. The van der Waals surface area contributed by atoms with Crippen molar-refractivity contribution in [3.8, 4) is 0 Å². The van der Waals surface area contributed by atoms with Crippen molar-refractivity contribution in [2.75, 3.05) is 6.61 Å². The van der Waals surface area contributed by atoms with Crippen LogP contribution in [-0.2, 0) is 9.53 Å². The molecule has 0 heterocycles. The maximum absolute atomic E-state index is 13.0. The Morgan fingerprint density at radius 3 is 1.63 bits per heavy atom. The van der Waals surface area contributed by atoms with E-state index >= 15 is 0 Å². The van der Waals surface area contributed by atoms with Crippen molar-refractivity contribution in [2.24, 2.45) is 0 Å². The Hall–Kier alpha value is -2.13. The van der Waals surface area contributed by atoms with Crippen LogP contribution < -0.4 is 0 Å². The van der Waals surface area contributed by atoms with Crippen LogP contribution >= 0.6 is 11.8 Å². The van der Waals surface area contributed by atoms with Gasteiger partial charge in [-0.25, -0.2) is 4.79 Å². The Kier molecular flexibility index (Phi) is 7.07. The standard InChI is InChI=1S/C14H6F12O3S/c15-10(16,12(19,20)14(24,25)26)5-29-8(27)6-1-3-7(4-2-6)30-9(28)11(17,18)13(21,22)23/h1-4H,5H2. The molecule has 0 spiro atoms. The molecule has 30 heavy (non-hydrogen) atoms. The summed E-state index contributed by atoms with van der Waals surface area (Å²) >= 11 is -0.584. The van der Waals surface area contributed by atoms with Crippen molar-refractivity contribution in [3.05, 3.63) is 29.8 Å². The molecule has 1 aromatic rings. The van der Waals surface area contributed by atoms with E-state index in [1.165, 1.54) is 0 Å². The van der Waals surface area contributed by atoms with E-state index in [1.54, 1.807) is 0 Å². The molecule has 0 aliphatic rings. The van der Waals surface area contributed by atoms with E-state index < -0.39 is 70.0 Å². The van der Waals surface area contributed by atoms with Crippen LogP contribution in [0.2, 0.25) is 0 Å². The molecule has 0 radical (unpaired) electrons. The summed E-state index contributed by atoms with van der Waals surface area (Å²) in [6.07, 6.45) is -12.8. The summed E-state index contributed by atoms with van der Waals surface area (Å²) < 4.78 is 153. The number of benzene rings is 1. The maximum atomic E-state index is 13.0. The topological polar surface area (TPSA) is 43.4 Å². The summed E-state index contributed by atoms with van der Waals surface area (Å²) in [6.45, 7) is -2.68. The predicted octanol–water partition coefficient (Wildman–Crippen LogP) is 5.49. The van der Waals surface area contributed by atoms with Gasteiger partial charge in [-0.3, -0.25) is 4.79 Å². The molecule has 0 saturated carbocycles. The first-order valence-electron chi connectivity index (χ1n) is 7.00. The van der Waals surface area contributed by atoms with Crippen LogP contribution in [0.1, 0.15) is 10.4 Å². The van der Waals surface area contributed by atoms with Crippen molar-refractivity contribution >= 4 is 22.8 Å². The van der Waals surface area contributed by atoms with Crippen molar-refractivity contribution in [1.82, 2.24) is 0 Å². The predicted molar refractivity (Wildman–Crippen MR) is 74.5 cm³/mol. The quantitative estimate of drug-likeness (QED) is 0.306. The average molecular weight is 482 g/mol. The van der Waals surface area contributed by atoms with Crippen LogP contribution in [0.25, 0.3) is 0 Å². The van der Waals surface area contributed by atoms with Gasteiger partial charge in [0, 0.05) is 4.90 Å². The minimum Gasteiger partial charge on any atom is -0.455 e. The summed E-state index contributed by atoms with van der Waals surface area (Å²) in [5.41, 5.74) is -0.763. The van der Waals surface area contributed by atoms with Crippen LogP contribution in [0.5, 0.6) is 0 Å². The highest BCUT2D eigenvalue weighted by Crippen LogP contribution is 2.46. The zero-order valence-corrected chi connectivity index (χ0v) is 14.5. The second-order valence-electron chi connectivity index (χ2n) is 5.34. The van der Waals surface area contributed by atoms with E-state index in [1.807, 2.05) is 0 Å². The van der Waals surface area contributed by atoms with Crippen LogP contribution in [0.4, 0.5) is 52.7 Å². The third-order valence-corrected chi connectivity index (χ3v) is 4.06. The molecular formula is C14H6F12O3S. The highest BCUT2D eigenvalue weighted by molar-refractivity contribution is 8.13. The lowest BCUT2D eigenvalue weighted by atomic mass is 10.1. The van der Waals surface area contributed by atoms with Gasteiger partial charge in [0.1, 0.15) is 0 Å². The van der Waals surface area contributed by atoms with Gasteiger partial charge < -0.3 is 4.74 Å². The Morgan fingerprint density at radius 2 is 1.23 bits per heavy atom. The Balaban J connectivity index is 2.83. The maximum Gasteiger partial charge on any atom is 0.462 e. The lowest BCUT2D eigenvalue weighted by molar-refractivity contribution is -0.359. The van der Waals surface area contributed by atoms with Gasteiger partial charge in [-0.1, -0.05) is 0 Å². The molecule has 0 saturated heterocycles. The van der Waals surface area contributed by atoms with Crippen molar-refractivity contribution < 1.29 is 67.0 Å². The zero-order valence-electron chi connectivity index (χ0n) is 13.7. The number of hydrogen-bond acceptors (Lipinski definition) is 4. The number of hydrogen-bond donors (Lipinski definition) is 0. The van der Waals surface area contributed by atoms with Gasteiger partial charge in [0.2, 0.25) is 0 Å². The smallest absolute Gasteiger partial charge is 0.455 e. The summed E-state index contributed by atoms with van der Waals surface area (Å²) in [5, 5.41) is -2.63. The average Bonchev–Trinajstić information content (AvgIpc) is 2.58. The molecule has 0 atom stereocenters. The second-order valence-corrected chi connectivity index (χ2v) is 6.39. The fourth-order valence-electron chi connectivity index (χ4n) is 1.48. The normalized spacial score (nSPS) is 13.9. The monoisotopic (exact) mass is 482 g/mol. The zero-order chi connectivity index (χ0) is 23.8. The van der Waals surface area contributed by atoms with Crippen LogP contribution in [0.15, 0.2) is 29.2 Å². The van der Waals surface area contributed by atoms with E-state index in [2.05, 4.69) is 4.74 Å². The summed E-state index contributed by atoms with van der Waals surface area (Å²) in [5.74, 6) is -19.9. The van der Waals surface area contributed by atoms with Crippen LogP contribution in [0.3, 0.4) is 0 Å². The molecule has 1 aromatic carbocycles. The molecule has 0 aliphatic heterocycles. The number of carbonyl (C=O) groups excluding carboxylic acids is 2. The molecule has 1 rings (SSSR count). The lowest BCUT2D eigenvalue weighted by Gasteiger charge is -2.27. The Morgan fingerprint density at radius 1 is 0.767 bits per heavy atom. The number of halogens is 12. The molecule has 170 valence electrons. The van der Waals surface area contributed by atoms with Crippen LogP contribution in [0, 0.1) is 0 Å². The molecule has 16 heteroatoms. The number of carbonyl (C=O) groups is 2. The number of alkyl halides is 12. The van der Waals surface area contributed by atoms with Gasteiger partial charge in [-0.15, -0.1) is 0 Å². The molecule has 0 N–H and O–H groups in total. The van der Waals surface area contributed by atoms with Gasteiger partial charge in [-0.05, 0) is 36.0 Å². The second kappa shape index (κ2) is 8.19. The summed E-state index contributed by atoms with van der Waals surface area (Å²) in [7, 11) is 0. The molecule has 0 aromatic heterocycles. The Bertz CT molecular complexity index is 783. The minimum atomic E-state index is -6.65. The first kappa shape index (κ1) is 25.9. The first-order chi connectivity index (χ1) is 13.2. The highest BCUT2D eigenvalue weighted by Gasteiger charge is 2.73. The molecule has 0 amide bonds. The fourth-order valence-corrected chi connectivity index (χ4v) is 2.21. The molecule has 0 fully saturated rings. The molecule has 0 aliphatic carbocycles. The van der Waals surface area contributed by atoms with Crippen molar-refractivity contribution in [3.63, 3.8) is 0 Å². The third-order valence-electron chi connectivity index (χ3n) is 3.11. The van der Waals surface area contributed by atoms with E-state index in [0.717, 1.165) is 0 Å². The van der Waals surface area contributed by atoms with Crippen molar-refractivity contribution in [2.45, 2.75) is 35.0 Å². The van der Waals surface area contributed by atoms with E-state index in [0.29, 0.717) is 24.3 Å². The van der Waals surface area contributed by atoms with Gasteiger partial charge >= 0.3 is 36.1 Å². The third kappa shape index (κ3) is 5.31. The van der Waals surface area contributed by atoms with Crippen molar-refractivity contribution in [1.29, 1.82) is 0 Å². The number of ether oxygens (including phenoxy) is 1. The van der Waals surface area contributed by atoms with E-state index in [9.17, 15) is 62.3 Å². The Labute approximate surface area is 162 Å². The molecule has 0 unspecified atom stereocenters. The molecule has 3 nitrogen and oxygen atoms in total. The van der Waals surface area contributed by atoms with Gasteiger partial charge in [0.15, 0.2) is 6.61 Å². The largest absolute Gasteiger partial charge is 0.462 e. The van der Waals surface area contributed by atoms with Crippen LogP contribution in [-0.4, -0.2) is 47.8 Å². The molecular weight excluding hydrogens is 476 g/mol. The summed E-state index contributed by atoms with van der Waals surface area (Å²) in [4.78, 5) is 21.9. The van der Waals surface area contributed by atoms with E-state index in [-0.39, 0.29) is 0 Å².